The maximum absolute atomic E-state index is 13.2. The summed E-state index contributed by atoms with van der Waals surface area (Å²) < 4.78 is 18.6. The average Bonchev–Trinajstić information content (AvgIpc) is 3.43. The lowest BCUT2D eigenvalue weighted by Crippen LogP contribution is -2.40. The fourth-order valence-corrected chi connectivity index (χ4v) is 3.23. The van der Waals surface area contributed by atoms with Crippen molar-refractivity contribution in [1.82, 2.24) is 4.90 Å². The number of nitrogens with zero attached hydrogens (tertiary/aromatic N) is 1. The maximum atomic E-state index is 13.2. The Kier molecular flexibility index (Phi) is 5.04. The first-order chi connectivity index (χ1) is 12.1. The minimum Gasteiger partial charge on any atom is -0.496 e. The number of aliphatic hydroxyl groups is 1. The monoisotopic (exact) mass is 343 g/mol. The fraction of sp³-hybridized carbons (Fsp3) is 0.350. The van der Waals surface area contributed by atoms with E-state index in [9.17, 15) is 14.3 Å². The number of rotatable bonds is 7. The largest absolute Gasteiger partial charge is 0.496 e. The van der Waals surface area contributed by atoms with E-state index in [-0.39, 0.29) is 24.9 Å². The number of hydrogen-bond donors (Lipinski definition) is 1. The summed E-state index contributed by atoms with van der Waals surface area (Å²) in [6, 6.07) is 13.7. The summed E-state index contributed by atoms with van der Waals surface area (Å²) in [7, 11) is 1.60. The molecule has 0 radical (unpaired) electrons. The molecule has 0 unspecified atom stereocenters. The van der Waals surface area contributed by atoms with Gasteiger partial charge >= 0.3 is 0 Å². The van der Waals surface area contributed by atoms with Crippen LogP contribution in [0, 0.1) is 5.82 Å². The smallest absolute Gasteiger partial charge is 0.233 e. The first-order valence-corrected chi connectivity index (χ1v) is 8.39. The van der Waals surface area contributed by atoms with Crippen molar-refractivity contribution in [2.75, 3.05) is 20.3 Å². The number of halogens is 1. The summed E-state index contributed by atoms with van der Waals surface area (Å²) in [4.78, 5) is 14.8. The third-order valence-electron chi connectivity index (χ3n) is 4.77. The van der Waals surface area contributed by atoms with E-state index in [1.54, 1.807) is 24.1 Å². The molecule has 3 rings (SSSR count). The Hall–Kier alpha value is -2.40. The summed E-state index contributed by atoms with van der Waals surface area (Å²) in [6.45, 7) is 0.507. The van der Waals surface area contributed by atoms with Gasteiger partial charge in [0.25, 0.3) is 0 Å². The van der Waals surface area contributed by atoms with Gasteiger partial charge in [-0.15, -0.1) is 0 Å². The zero-order valence-electron chi connectivity index (χ0n) is 14.2. The quantitative estimate of drug-likeness (QED) is 0.841. The van der Waals surface area contributed by atoms with Crippen LogP contribution in [0.25, 0.3) is 0 Å². The molecular weight excluding hydrogens is 321 g/mol. The molecule has 0 aromatic heterocycles. The van der Waals surface area contributed by atoms with Gasteiger partial charge in [-0.25, -0.2) is 4.39 Å². The van der Waals surface area contributed by atoms with Crippen LogP contribution in [0.15, 0.2) is 48.5 Å². The van der Waals surface area contributed by atoms with E-state index >= 15 is 0 Å². The van der Waals surface area contributed by atoms with Gasteiger partial charge in [0.1, 0.15) is 11.6 Å². The molecule has 25 heavy (non-hydrogen) atoms. The van der Waals surface area contributed by atoms with Crippen LogP contribution in [0.2, 0.25) is 0 Å². The van der Waals surface area contributed by atoms with Gasteiger partial charge in [-0.05, 0) is 36.6 Å². The van der Waals surface area contributed by atoms with Crippen molar-refractivity contribution in [3.63, 3.8) is 0 Å². The highest BCUT2D eigenvalue weighted by molar-refractivity contribution is 5.91. The van der Waals surface area contributed by atoms with E-state index < -0.39 is 5.41 Å². The highest BCUT2D eigenvalue weighted by Gasteiger charge is 2.52. The van der Waals surface area contributed by atoms with E-state index in [4.69, 9.17) is 4.74 Å². The summed E-state index contributed by atoms with van der Waals surface area (Å²) in [6.07, 6.45) is 1.48. The van der Waals surface area contributed by atoms with Crippen LogP contribution in [0.3, 0.4) is 0 Å². The summed E-state index contributed by atoms with van der Waals surface area (Å²) in [5.74, 6) is 0.372. The number of hydrogen-bond acceptors (Lipinski definition) is 3. The molecule has 5 heteroatoms. The fourth-order valence-electron chi connectivity index (χ4n) is 3.23. The van der Waals surface area contributed by atoms with Crippen molar-refractivity contribution in [1.29, 1.82) is 0 Å². The predicted octanol–water partition coefficient (Wildman–Crippen LogP) is 2.89. The Morgan fingerprint density at radius 2 is 1.88 bits per heavy atom. The number of para-hydroxylation sites is 1. The predicted molar refractivity (Wildman–Crippen MR) is 92.8 cm³/mol. The molecule has 2 aromatic carbocycles. The van der Waals surface area contributed by atoms with Gasteiger partial charge in [-0.3, -0.25) is 4.79 Å². The van der Waals surface area contributed by atoms with Crippen LogP contribution in [0.4, 0.5) is 4.39 Å². The molecule has 1 fully saturated rings. The van der Waals surface area contributed by atoms with Crippen LogP contribution in [0.5, 0.6) is 5.75 Å². The normalized spacial score (nSPS) is 14.8. The van der Waals surface area contributed by atoms with Crippen molar-refractivity contribution < 1.29 is 19.0 Å². The van der Waals surface area contributed by atoms with Gasteiger partial charge in [0, 0.05) is 18.7 Å². The molecule has 132 valence electrons. The number of methoxy groups -OCH3 is 1. The topological polar surface area (TPSA) is 49.8 Å². The van der Waals surface area contributed by atoms with Crippen molar-refractivity contribution in [2.24, 2.45) is 0 Å². The highest BCUT2D eigenvalue weighted by atomic mass is 19.1. The lowest BCUT2D eigenvalue weighted by molar-refractivity contribution is -0.135. The maximum Gasteiger partial charge on any atom is 0.233 e. The van der Waals surface area contributed by atoms with Crippen LogP contribution >= 0.6 is 0 Å². The second-order valence-corrected chi connectivity index (χ2v) is 6.35. The van der Waals surface area contributed by atoms with Gasteiger partial charge in [-0.2, -0.15) is 0 Å². The minimum absolute atomic E-state index is 0.0286. The van der Waals surface area contributed by atoms with Gasteiger partial charge in [0.2, 0.25) is 5.91 Å². The van der Waals surface area contributed by atoms with Crippen LogP contribution < -0.4 is 4.74 Å². The Bertz CT molecular complexity index is 741. The molecule has 0 aliphatic heterocycles. The lowest BCUT2D eigenvalue weighted by Gasteiger charge is -2.28. The first-order valence-electron chi connectivity index (χ1n) is 8.39. The molecule has 2 aromatic rings. The van der Waals surface area contributed by atoms with Crippen molar-refractivity contribution in [3.05, 3.63) is 65.5 Å². The molecule has 0 spiro atoms. The van der Waals surface area contributed by atoms with Crippen molar-refractivity contribution in [3.8, 4) is 5.75 Å². The Labute approximate surface area is 146 Å². The third-order valence-corrected chi connectivity index (χ3v) is 4.77. The standard InChI is InChI=1S/C20H22FNO3/c1-25-18-5-3-2-4-15(18)14-22(12-13-23)19(24)20(10-11-20)16-6-8-17(21)9-7-16/h2-9,23H,10-14H2,1H3. The summed E-state index contributed by atoms with van der Waals surface area (Å²) in [5, 5.41) is 9.41. The molecule has 0 atom stereocenters. The molecule has 1 N–H and O–H groups in total. The molecule has 1 saturated carbocycles. The van der Waals surface area contributed by atoms with E-state index in [1.807, 2.05) is 24.3 Å². The Morgan fingerprint density at radius 1 is 1.20 bits per heavy atom. The molecule has 1 amide bonds. The van der Waals surface area contributed by atoms with E-state index in [0.29, 0.717) is 12.3 Å². The van der Waals surface area contributed by atoms with E-state index in [0.717, 1.165) is 24.0 Å². The third kappa shape index (κ3) is 3.51. The molecule has 1 aliphatic rings. The number of carbonyl (C=O) groups excluding carboxylic acids is 1. The van der Waals surface area contributed by atoms with E-state index in [2.05, 4.69) is 0 Å². The van der Waals surface area contributed by atoms with Gasteiger partial charge < -0.3 is 14.7 Å². The van der Waals surface area contributed by atoms with E-state index in [1.165, 1.54) is 12.1 Å². The number of amides is 1. The van der Waals surface area contributed by atoms with Crippen LogP contribution in [0.1, 0.15) is 24.0 Å². The highest BCUT2D eigenvalue weighted by Crippen LogP contribution is 2.49. The lowest BCUT2D eigenvalue weighted by atomic mass is 9.94. The van der Waals surface area contributed by atoms with Gasteiger partial charge in [0.15, 0.2) is 0 Å². The minimum atomic E-state index is -0.592. The van der Waals surface area contributed by atoms with Crippen molar-refractivity contribution in [2.45, 2.75) is 24.8 Å². The zero-order valence-corrected chi connectivity index (χ0v) is 14.2. The molecule has 1 aliphatic carbocycles. The van der Waals surface area contributed by atoms with Crippen molar-refractivity contribution >= 4 is 5.91 Å². The van der Waals surface area contributed by atoms with Gasteiger partial charge in [-0.1, -0.05) is 30.3 Å². The molecule has 4 nitrogen and oxygen atoms in total. The van der Waals surface area contributed by atoms with Crippen LogP contribution in [-0.4, -0.2) is 36.2 Å². The molecular formula is C20H22FNO3. The number of benzene rings is 2. The second kappa shape index (κ2) is 7.23. The van der Waals surface area contributed by atoms with Gasteiger partial charge in [0.05, 0.1) is 19.1 Å². The second-order valence-electron chi connectivity index (χ2n) is 6.35. The average molecular weight is 343 g/mol. The number of aliphatic hydroxyl groups excluding tert-OH is 1. The Balaban J connectivity index is 1.85. The number of carbonyl (C=O) groups is 1. The Morgan fingerprint density at radius 3 is 2.48 bits per heavy atom. The first kappa shape index (κ1) is 17.4. The van der Waals surface area contributed by atoms with Crippen LogP contribution in [-0.2, 0) is 16.8 Å². The molecule has 0 saturated heterocycles. The SMILES string of the molecule is COc1ccccc1CN(CCO)C(=O)C1(c2ccc(F)cc2)CC1. The zero-order chi connectivity index (χ0) is 17.9. The molecule has 0 bridgehead atoms. The molecule has 0 heterocycles. The number of ether oxygens (including phenoxy) is 1. The summed E-state index contributed by atoms with van der Waals surface area (Å²) in [5.41, 5.74) is 1.13. The summed E-state index contributed by atoms with van der Waals surface area (Å²) >= 11 is 0.